The summed E-state index contributed by atoms with van der Waals surface area (Å²) < 4.78 is 22.3. The molecule has 1 aromatic rings. The van der Waals surface area contributed by atoms with Gasteiger partial charge in [0.2, 0.25) is 0 Å². The van der Waals surface area contributed by atoms with Crippen LogP contribution in [0.25, 0.3) is 0 Å². The van der Waals surface area contributed by atoms with Crippen molar-refractivity contribution in [3.8, 4) is 0 Å². The first-order valence-electron chi connectivity index (χ1n) is 4.16. The lowest BCUT2D eigenvalue weighted by atomic mass is 10.2. The summed E-state index contributed by atoms with van der Waals surface area (Å²) >= 11 is -2.58. The van der Waals surface area contributed by atoms with E-state index in [0.29, 0.717) is 5.69 Å². The maximum Gasteiger partial charge on any atom is 0.324 e. The second-order valence-corrected chi connectivity index (χ2v) is 3.86. The minimum Gasteiger partial charge on any atom is -0.755 e. The van der Waals surface area contributed by atoms with Gasteiger partial charge in [0.05, 0.1) is 0 Å². The first-order valence-corrected chi connectivity index (χ1v) is 5.19. The Hall–Kier alpha value is -1.40. The van der Waals surface area contributed by atoms with E-state index < -0.39 is 23.8 Å². The van der Waals surface area contributed by atoms with Crippen molar-refractivity contribution in [1.29, 1.82) is 0 Å². The van der Waals surface area contributed by atoms with Crippen molar-refractivity contribution >= 4 is 22.9 Å². The van der Waals surface area contributed by atoms with E-state index in [9.17, 15) is 13.6 Å². The Labute approximate surface area is 89.8 Å². The summed E-state index contributed by atoms with van der Waals surface area (Å²) in [6.07, 6.45) is 0. The van der Waals surface area contributed by atoms with Crippen LogP contribution in [0.4, 0.5) is 5.69 Å². The first kappa shape index (κ1) is 11.7. The van der Waals surface area contributed by atoms with Crippen LogP contribution in [0, 0.1) is 6.92 Å². The maximum absolute atomic E-state index is 10.8. The highest BCUT2D eigenvalue weighted by Gasteiger charge is 2.10. The summed E-state index contributed by atoms with van der Waals surface area (Å²) in [6, 6.07) is 6.57. The monoisotopic (exact) mass is 228 g/mol. The number of benzene rings is 1. The summed E-state index contributed by atoms with van der Waals surface area (Å²) in [6.45, 7) is 1.29. The molecule has 6 heteroatoms. The number of hydrogen-bond donors (Lipinski definition) is 1. The van der Waals surface area contributed by atoms with Gasteiger partial charge in [-0.2, -0.15) is 0 Å². The van der Waals surface area contributed by atoms with Crippen LogP contribution in [-0.2, 0) is 16.1 Å². The molecule has 0 spiro atoms. The largest absolute Gasteiger partial charge is 0.755 e. The summed E-state index contributed by atoms with van der Waals surface area (Å²) in [7, 11) is 0. The van der Waals surface area contributed by atoms with E-state index in [0.717, 1.165) is 9.87 Å². The van der Waals surface area contributed by atoms with Crippen LogP contribution in [0.1, 0.15) is 5.56 Å². The Morgan fingerprint density at radius 2 is 2.00 bits per heavy atom. The fourth-order valence-electron chi connectivity index (χ4n) is 1.06. The Morgan fingerprint density at radius 3 is 2.40 bits per heavy atom. The number of carboxylic acids is 1. The van der Waals surface area contributed by atoms with E-state index in [1.165, 1.54) is 0 Å². The van der Waals surface area contributed by atoms with Gasteiger partial charge in [-0.15, -0.1) is 0 Å². The second-order valence-electron chi connectivity index (χ2n) is 2.98. The van der Waals surface area contributed by atoms with Crippen molar-refractivity contribution in [2.45, 2.75) is 6.92 Å². The molecule has 0 heterocycles. The van der Waals surface area contributed by atoms with Gasteiger partial charge in [0, 0.05) is 17.0 Å². The molecule has 5 nitrogen and oxygen atoms in total. The molecule has 1 atom stereocenters. The topological polar surface area (TPSA) is 80.7 Å². The molecule has 82 valence electrons. The third kappa shape index (κ3) is 3.34. The van der Waals surface area contributed by atoms with Crippen LogP contribution in [0.3, 0.4) is 0 Å². The van der Waals surface area contributed by atoms with Crippen molar-refractivity contribution in [3.05, 3.63) is 29.8 Å². The summed E-state index contributed by atoms with van der Waals surface area (Å²) in [5.74, 6) is -1.19. The highest BCUT2D eigenvalue weighted by atomic mass is 32.2. The Kier molecular flexibility index (Phi) is 3.81. The number of hydrogen-bond acceptors (Lipinski definition) is 3. The molecule has 0 radical (unpaired) electrons. The average molecular weight is 228 g/mol. The normalized spacial score (nSPS) is 12.1. The van der Waals surface area contributed by atoms with Gasteiger partial charge in [-0.3, -0.25) is 13.3 Å². The highest BCUT2D eigenvalue weighted by Crippen LogP contribution is 2.15. The number of nitrogens with zero attached hydrogens (tertiary/aromatic N) is 1. The van der Waals surface area contributed by atoms with Gasteiger partial charge in [0.1, 0.15) is 6.54 Å². The standard InChI is InChI=1S/C9H11NO4S/c1-7-2-4-8(5-3-7)10(15(13)14)6-9(11)12/h2-5H,6H2,1H3,(H,11,12)(H,13,14)/p-1. The van der Waals surface area contributed by atoms with Crippen LogP contribution >= 0.6 is 0 Å². The van der Waals surface area contributed by atoms with Gasteiger partial charge in [0.25, 0.3) is 0 Å². The van der Waals surface area contributed by atoms with E-state index in [4.69, 9.17) is 5.11 Å². The molecular weight excluding hydrogens is 218 g/mol. The van der Waals surface area contributed by atoms with E-state index in [-0.39, 0.29) is 0 Å². The Bertz CT molecular complexity index is 376. The fraction of sp³-hybridized carbons (Fsp3) is 0.222. The predicted molar refractivity (Wildman–Crippen MR) is 55.1 cm³/mol. The lowest BCUT2D eigenvalue weighted by molar-refractivity contribution is -0.135. The molecule has 1 rings (SSSR count). The van der Waals surface area contributed by atoms with Crippen molar-refractivity contribution < 1.29 is 18.7 Å². The number of carboxylic acid groups (broad SMARTS) is 1. The number of carbonyl (C=O) groups is 1. The zero-order valence-corrected chi connectivity index (χ0v) is 8.86. The Morgan fingerprint density at radius 1 is 1.47 bits per heavy atom. The molecule has 0 bridgehead atoms. The van der Waals surface area contributed by atoms with Gasteiger partial charge in [-0.05, 0) is 19.1 Å². The van der Waals surface area contributed by atoms with Crippen molar-refractivity contribution in [3.63, 3.8) is 0 Å². The van der Waals surface area contributed by atoms with E-state index in [1.54, 1.807) is 24.3 Å². The quantitative estimate of drug-likeness (QED) is 0.768. The highest BCUT2D eigenvalue weighted by molar-refractivity contribution is 7.80. The summed E-state index contributed by atoms with van der Waals surface area (Å²) in [5, 5.41) is 8.53. The van der Waals surface area contributed by atoms with Crippen LogP contribution in [0.2, 0.25) is 0 Å². The van der Waals surface area contributed by atoms with Crippen LogP contribution in [0.5, 0.6) is 0 Å². The molecule has 1 N–H and O–H groups in total. The molecule has 0 saturated heterocycles. The summed E-state index contributed by atoms with van der Waals surface area (Å²) in [4.78, 5) is 10.4. The van der Waals surface area contributed by atoms with Crippen molar-refractivity contribution in [2.24, 2.45) is 0 Å². The maximum atomic E-state index is 10.8. The summed E-state index contributed by atoms with van der Waals surface area (Å²) in [5.41, 5.74) is 1.32. The number of rotatable bonds is 4. The van der Waals surface area contributed by atoms with Gasteiger partial charge in [-0.25, -0.2) is 0 Å². The minimum absolute atomic E-state index is 0.344. The third-order valence-electron chi connectivity index (χ3n) is 1.78. The number of aliphatic carboxylic acids is 1. The van der Waals surface area contributed by atoms with Gasteiger partial charge in [0.15, 0.2) is 0 Å². The molecule has 0 aliphatic heterocycles. The lowest BCUT2D eigenvalue weighted by Crippen LogP contribution is -2.31. The molecule has 15 heavy (non-hydrogen) atoms. The van der Waals surface area contributed by atoms with Gasteiger partial charge < -0.3 is 9.66 Å². The fourth-order valence-corrected chi connectivity index (χ4v) is 1.57. The molecule has 0 aliphatic rings. The molecule has 0 aromatic heterocycles. The second kappa shape index (κ2) is 4.90. The average Bonchev–Trinajstić information content (AvgIpc) is 2.15. The predicted octanol–water partition coefficient (Wildman–Crippen LogP) is 0.680. The molecule has 1 aromatic carbocycles. The van der Waals surface area contributed by atoms with Crippen molar-refractivity contribution in [2.75, 3.05) is 10.8 Å². The van der Waals surface area contributed by atoms with Crippen LogP contribution in [-0.4, -0.2) is 26.4 Å². The molecule has 1 unspecified atom stereocenters. The van der Waals surface area contributed by atoms with E-state index in [1.807, 2.05) is 6.92 Å². The number of anilines is 1. The molecule has 0 aliphatic carbocycles. The van der Waals surface area contributed by atoms with Crippen LogP contribution < -0.4 is 4.31 Å². The van der Waals surface area contributed by atoms with Gasteiger partial charge in [-0.1, -0.05) is 17.7 Å². The molecule has 0 saturated carbocycles. The molecular formula is C9H10NO4S-. The SMILES string of the molecule is Cc1ccc(N(CC(=O)O)S(=O)[O-])cc1. The van der Waals surface area contributed by atoms with E-state index >= 15 is 0 Å². The van der Waals surface area contributed by atoms with Crippen LogP contribution in [0.15, 0.2) is 24.3 Å². The van der Waals surface area contributed by atoms with Gasteiger partial charge >= 0.3 is 5.97 Å². The Balaban J connectivity index is 2.94. The van der Waals surface area contributed by atoms with E-state index in [2.05, 4.69) is 0 Å². The zero-order valence-electron chi connectivity index (χ0n) is 8.04. The first-order chi connectivity index (χ1) is 7.00. The molecule has 0 amide bonds. The van der Waals surface area contributed by atoms with Crippen molar-refractivity contribution in [1.82, 2.24) is 0 Å². The lowest BCUT2D eigenvalue weighted by Gasteiger charge is -2.24. The number of aryl methyl sites for hydroxylation is 1. The molecule has 0 fully saturated rings. The smallest absolute Gasteiger partial charge is 0.324 e. The minimum atomic E-state index is -2.58. The zero-order chi connectivity index (χ0) is 11.4. The third-order valence-corrected chi connectivity index (χ3v) is 2.48.